The van der Waals surface area contributed by atoms with Crippen molar-refractivity contribution in [1.82, 2.24) is 25.6 Å². The lowest BCUT2D eigenvalue weighted by atomic mass is 9.90. The number of nitrogens with one attached hydrogen (secondary N) is 3. The molecular formula is C27H32FN5O4. The summed E-state index contributed by atoms with van der Waals surface area (Å²) in [5.74, 6) is 0.0649. The molecular weight excluding hydrogens is 477 g/mol. The molecule has 3 aromatic rings. The fraction of sp³-hybridized carbons (Fsp3) is 0.481. The minimum Gasteiger partial charge on any atom is -0.493 e. The monoisotopic (exact) mass is 509 g/mol. The molecule has 4 N–H and O–H groups in total. The highest BCUT2D eigenvalue weighted by atomic mass is 19.1. The molecule has 0 bridgehead atoms. The first-order valence-electron chi connectivity index (χ1n) is 12.9. The highest BCUT2D eigenvalue weighted by molar-refractivity contribution is 6.09. The number of aromatic nitrogens is 3. The number of halogens is 1. The van der Waals surface area contributed by atoms with E-state index in [-0.39, 0.29) is 23.9 Å². The zero-order valence-corrected chi connectivity index (χ0v) is 21.0. The van der Waals surface area contributed by atoms with Crippen molar-refractivity contribution in [1.29, 1.82) is 0 Å². The van der Waals surface area contributed by atoms with Crippen molar-refractivity contribution in [3.63, 3.8) is 0 Å². The molecule has 5 rings (SSSR count). The summed E-state index contributed by atoms with van der Waals surface area (Å²) < 4.78 is 20.2. The highest BCUT2D eigenvalue weighted by Gasteiger charge is 2.28. The van der Waals surface area contributed by atoms with Gasteiger partial charge < -0.3 is 25.5 Å². The van der Waals surface area contributed by atoms with Crippen LogP contribution in [0.3, 0.4) is 0 Å². The normalized spacial score (nSPS) is 20.4. The number of ether oxygens (including phenoxy) is 1. The molecule has 0 unspecified atom stereocenters. The van der Waals surface area contributed by atoms with E-state index in [1.165, 1.54) is 25.4 Å². The van der Waals surface area contributed by atoms with E-state index in [4.69, 9.17) is 4.74 Å². The van der Waals surface area contributed by atoms with E-state index in [9.17, 15) is 19.1 Å². The molecule has 0 saturated heterocycles. The van der Waals surface area contributed by atoms with Crippen molar-refractivity contribution in [2.75, 3.05) is 6.61 Å². The Kier molecular flexibility index (Phi) is 7.10. The number of aliphatic hydroxyl groups excluding tert-OH is 1. The molecule has 9 nitrogen and oxygen atoms in total. The Morgan fingerprint density at radius 1 is 1.14 bits per heavy atom. The second-order valence-corrected chi connectivity index (χ2v) is 10.2. The summed E-state index contributed by atoms with van der Waals surface area (Å²) in [5.41, 5.74) is 3.08. The zero-order valence-electron chi connectivity index (χ0n) is 21.0. The molecule has 10 heteroatoms. The molecule has 2 saturated carbocycles. The second kappa shape index (κ2) is 10.5. The first kappa shape index (κ1) is 25.1. The van der Waals surface area contributed by atoms with Crippen LogP contribution in [0, 0.1) is 18.7 Å². The summed E-state index contributed by atoms with van der Waals surface area (Å²) in [7, 11) is 0. The van der Waals surface area contributed by atoms with E-state index in [0.29, 0.717) is 77.5 Å². The van der Waals surface area contributed by atoms with Crippen LogP contribution in [-0.2, 0) is 4.79 Å². The number of benzene rings is 1. The van der Waals surface area contributed by atoms with Gasteiger partial charge in [0.05, 0.1) is 17.7 Å². The summed E-state index contributed by atoms with van der Waals surface area (Å²) in [4.78, 5) is 37.1. The fourth-order valence-electron chi connectivity index (χ4n) is 4.87. The smallest absolute Gasteiger partial charge is 0.255 e. The molecule has 37 heavy (non-hydrogen) atoms. The van der Waals surface area contributed by atoms with Gasteiger partial charge >= 0.3 is 0 Å². The third-order valence-electron chi connectivity index (χ3n) is 7.16. The number of aryl methyl sites for hydroxylation is 1. The van der Waals surface area contributed by atoms with Crippen molar-refractivity contribution in [3.8, 4) is 17.0 Å². The zero-order chi connectivity index (χ0) is 26.1. The highest BCUT2D eigenvalue weighted by Crippen LogP contribution is 2.37. The van der Waals surface area contributed by atoms with Gasteiger partial charge in [-0.25, -0.2) is 14.4 Å². The lowest BCUT2D eigenvalue weighted by Gasteiger charge is -2.30. The van der Waals surface area contributed by atoms with E-state index in [1.807, 2.05) is 0 Å². The largest absolute Gasteiger partial charge is 0.493 e. The number of rotatable bonds is 8. The van der Waals surface area contributed by atoms with Gasteiger partial charge in [0.15, 0.2) is 0 Å². The summed E-state index contributed by atoms with van der Waals surface area (Å²) in [6.45, 7) is 3.82. The Bertz CT molecular complexity index is 1310. The van der Waals surface area contributed by atoms with Gasteiger partial charge in [0.1, 0.15) is 35.2 Å². The predicted molar refractivity (Wildman–Crippen MR) is 136 cm³/mol. The van der Waals surface area contributed by atoms with Gasteiger partial charge in [-0.1, -0.05) is 0 Å². The molecule has 2 aliphatic rings. The van der Waals surface area contributed by atoms with Crippen LogP contribution in [0.1, 0.15) is 61.5 Å². The molecule has 196 valence electrons. The molecule has 0 radical (unpaired) electrons. The van der Waals surface area contributed by atoms with E-state index in [2.05, 4.69) is 25.6 Å². The van der Waals surface area contributed by atoms with Gasteiger partial charge in [-0.2, -0.15) is 0 Å². The minimum absolute atomic E-state index is 0.0111. The average Bonchev–Trinajstić information content (AvgIpc) is 3.63. The van der Waals surface area contributed by atoms with Gasteiger partial charge in [-0.3, -0.25) is 9.59 Å². The number of nitrogens with zero attached hydrogens (tertiary/aromatic N) is 2. The minimum atomic E-state index is -1.04. The molecule has 0 spiro atoms. The number of amides is 2. The molecule has 2 aliphatic carbocycles. The van der Waals surface area contributed by atoms with Gasteiger partial charge in [-0.15, -0.1) is 0 Å². The van der Waals surface area contributed by atoms with Crippen LogP contribution in [-0.4, -0.2) is 56.7 Å². The summed E-state index contributed by atoms with van der Waals surface area (Å²) in [5, 5.41) is 15.4. The van der Waals surface area contributed by atoms with Crippen LogP contribution < -0.4 is 15.4 Å². The molecule has 2 amide bonds. The number of fused-ring (bicyclic) bond motifs is 1. The number of hydrogen-bond acceptors (Lipinski definition) is 6. The van der Waals surface area contributed by atoms with Crippen molar-refractivity contribution in [2.45, 2.75) is 70.6 Å². The summed E-state index contributed by atoms with van der Waals surface area (Å²) >= 11 is 0. The SMILES string of the molecule is Cc1[nH]c2c(-c3cc(F)ccc3OCC3CC3)ncnc2c1C(=O)N[C@H]1CC[C@@H](NC(=O)[C@H](C)O)CC1. The second-order valence-electron chi connectivity index (χ2n) is 10.2. The van der Waals surface area contributed by atoms with Gasteiger partial charge in [0.2, 0.25) is 5.91 Å². The van der Waals surface area contributed by atoms with E-state index < -0.39 is 11.9 Å². The molecule has 1 atom stereocenters. The number of aromatic amines is 1. The van der Waals surface area contributed by atoms with Crippen molar-refractivity contribution < 1.29 is 23.8 Å². The van der Waals surface area contributed by atoms with Gasteiger partial charge in [-0.05, 0) is 76.5 Å². The van der Waals surface area contributed by atoms with E-state index in [0.717, 1.165) is 12.8 Å². The summed E-state index contributed by atoms with van der Waals surface area (Å²) in [6.07, 6.45) is 5.47. The van der Waals surface area contributed by atoms with Crippen LogP contribution in [0.2, 0.25) is 0 Å². The average molecular weight is 510 g/mol. The van der Waals surface area contributed by atoms with Crippen LogP contribution in [0.5, 0.6) is 5.75 Å². The van der Waals surface area contributed by atoms with E-state index >= 15 is 0 Å². The molecule has 2 aromatic heterocycles. The Hall–Kier alpha value is -3.53. The van der Waals surface area contributed by atoms with Crippen LogP contribution in [0.25, 0.3) is 22.3 Å². The maximum absolute atomic E-state index is 14.2. The number of carbonyl (C=O) groups is 2. The van der Waals surface area contributed by atoms with E-state index in [1.54, 1.807) is 13.0 Å². The third-order valence-corrected chi connectivity index (χ3v) is 7.16. The topological polar surface area (TPSA) is 129 Å². The number of aliphatic hydroxyl groups is 1. The van der Waals surface area contributed by atoms with Gasteiger partial charge in [0, 0.05) is 23.3 Å². The maximum Gasteiger partial charge on any atom is 0.255 e. The van der Waals surface area contributed by atoms with Crippen LogP contribution >= 0.6 is 0 Å². The maximum atomic E-state index is 14.2. The lowest BCUT2D eigenvalue weighted by molar-refractivity contribution is -0.129. The first-order valence-corrected chi connectivity index (χ1v) is 12.9. The molecule has 0 aliphatic heterocycles. The molecule has 2 heterocycles. The standard InChI is InChI=1S/C27H32FN5O4/c1-14-22(27(36)33-19-8-6-18(7-9-19)32-26(35)15(2)34)24-25(31-14)23(29-13-30-24)20-11-17(28)5-10-21(20)37-12-16-3-4-16/h5,10-11,13,15-16,18-19,31,34H,3-4,6-9,12H2,1-2H3,(H,32,35)(H,33,36)/t15-,18-,19+/m0/s1. The van der Waals surface area contributed by atoms with Gasteiger partial charge in [0.25, 0.3) is 5.91 Å². The predicted octanol–water partition coefficient (Wildman–Crippen LogP) is 3.40. The number of H-pyrrole nitrogens is 1. The van der Waals surface area contributed by atoms with Crippen LogP contribution in [0.15, 0.2) is 24.5 Å². The Morgan fingerprint density at radius 2 is 1.84 bits per heavy atom. The molecule has 2 fully saturated rings. The number of hydrogen-bond donors (Lipinski definition) is 4. The molecule has 1 aromatic carbocycles. The Morgan fingerprint density at radius 3 is 2.51 bits per heavy atom. The van der Waals surface area contributed by atoms with Crippen molar-refractivity contribution in [2.24, 2.45) is 5.92 Å². The Balaban J connectivity index is 1.35. The number of carbonyl (C=O) groups excluding carboxylic acids is 2. The quantitative estimate of drug-likeness (QED) is 0.368. The summed E-state index contributed by atoms with van der Waals surface area (Å²) in [6, 6.07) is 4.33. The van der Waals surface area contributed by atoms with Crippen molar-refractivity contribution >= 4 is 22.8 Å². The lowest BCUT2D eigenvalue weighted by Crippen LogP contribution is -2.46. The van der Waals surface area contributed by atoms with Crippen LogP contribution in [0.4, 0.5) is 4.39 Å². The first-order chi connectivity index (χ1) is 17.8. The third kappa shape index (κ3) is 5.58. The fourth-order valence-corrected chi connectivity index (χ4v) is 4.87. The Labute approximate surface area is 214 Å². The van der Waals surface area contributed by atoms with Crippen molar-refractivity contribution in [3.05, 3.63) is 41.6 Å².